The molecule has 0 saturated heterocycles. The molecule has 0 nitrogen and oxygen atoms in total. The average Bonchev–Trinajstić information content (AvgIpc) is 0.811. The van der Waals surface area contributed by atoms with Crippen molar-refractivity contribution in [1.29, 1.82) is 0 Å². The third kappa shape index (κ3) is 19.6. The molecule has 0 fully saturated rings. The van der Waals surface area contributed by atoms with E-state index in [0.29, 0.717) is 0 Å². The standard InChI is InChI=1S/CHI3.Ag/c2-1(3)4;/h1H;. The van der Waals surface area contributed by atoms with Gasteiger partial charge < -0.3 is 0 Å². The van der Waals surface area contributed by atoms with Crippen molar-refractivity contribution >= 4 is 67.8 Å². The molecule has 0 saturated carbocycles. The molecule has 0 aromatic carbocycles. The first kappa shape index (κ1) is 10.8. The van der Waals surface area contributed by atoms with Crippen molar-refractivity contribution < 1.29 is 22.4 Å². The Bertz CT molecular complexity index is 11.6. The van der Waals surface area contributed by atoms with Gasteiger partial charge in [0.1, 0.15) is -0.0619 Å². The zero-order chi connectivity index (χ0) is 3.58. The van der Waals surface area contributed by atoms with Crippen LogP contribution in [0.5, 0.6) is 0 Å². The Labute approximate surface area is 88.2 Å². The van der Waals surface area contributed by atoms with Crippen molar-refractivity contribution in [1.82, 2.24) is 0 Å². The molecule has 37 valence electrons. The van der Waals surface area contributed by atoms with Gasteiger partial charge in [0, 0.05) is 22.4 Å². The number of alkyl halides is 3. The molecule has 0 bridgehead atoms. The van der Waals surface area contributed by atoms with Crippen LogP contribution in [-0.2, 0) is 22.4 Å². The zero-order valence-electron chi connectivity index (χ0n) is 2.01. The molecule has 0 rings (SSSR count). The maximum atomic E-state index is 2.32. The molecule has 0 unspecified atom stereocenters. The summed E-state index contributed by atoms with van der Waals surface area (Å²) in [5.41, 5.74) is 0. The van der Waals surface area contributed by atoms with Gasteiger partial charge in [0.25, 0.3) is 0 Å². The molecule has 1 radical (unpaired) electrons. The van der Waals surface area contributed by atoms with Crippen molar-refractivity contribution in [2.45, 2.75) is -0.0619 Å². The van der Waals surface area contributed by atoms with E-state index in [-0.39, 0.29) is 22.4 Å². The second-order valence-corrected chi connectivity index (χ2v) is 11.1. The topological polar surface area (TPSA) is 0 Å². The van der Waals surface area contributed by atoms with Gasteiger partial charge in [0.2, 0.25) is 0 Å². The van der Waals surface area contributed by atoms with Crippen LogP contribution in [0.15, 0.2) is 0 Å². The number of rotatable bonds is 0. The largest absolute Gasteiger partial charge is 0.114 e. The molecule has 4 heteroatoms. The van der Waals surface area contributed by atoms with Gasteiger partial charge in [0.15, 0.2) is 0 Å². The third-order valence-corrected chi connectivity index (χ3v) is 0. The molecule has 0 amide bonds. The Morgan fingerprint density at radius 2 is 1.00 bits per heavy atom. The fourth-order valence-electron chi connectivity index (χ4n) is 0. The van der Waals surface area contributed by atoms with E-state index in [1.165, 1.54) is 0 Å². The molecule has 0 aliphatic carbocycles. The first-order valence-corrected chi connectivity index (χ1v) is 4.39. The van der Waals surface area contributed by atoms with E-state index < -0.39 is 0 Å². The van der Waals surface area contributed by atoms with Crippen LogP contribution in [0.25, 0.3) is 0 Å². The molecule has 0 N–H and O–H groups in total. The van der Waals surface area contributed by atoms with Crippen LogP contribution in [0.1, 0.15) is 0 Å². The molecular formula is CHAgI3. The van der Waals surface area contributed by atoms with Crippen LogP contribution in [0.4, 0.5) is 0 Å². The Morgan fingerprint density at radius 3 is 1.00 bits per heavy atom. The summed E-state index contributed by atoms with van der Waals surface area (Å²) in [5, 5.41) is 0. The fraction of sp³-hybridized carbons (Fsp3) is 1.00. The van der Waals surface area contributed by atoms with Gasteiger partial charge >= 0.3 is 0 Å². The van der Waals surface area contributed by atoms with Gasteiger partial charge in [-0.15, -0.1) is 0 Å². The molecule has 0 aliphatic rings. The molecule has 0 aliphatic heterocycles. The number of hydrogen-bond donors (Lipinski definition) is 0. The van der Waals surface area contributed by atoms with E-state index in [9.17, 15) is 0 Å². The maximum absolute atomic E-state index is 2.32. The van der Waals surface area contributed by atoms with Crippen molar-refractivity contribution in [2.75, 3.05) is 0 Å². The fourth-order valence-corrected chi connectivity index (χ4v) is 0. The van der Waals surface area contributed by atoms with E-state index in [4.69, 9.17) is 0 Å². The van der Waals surface area contributed by atoms with E-state index in [2.05, 4.69) is 67.8 Å². The van der Waals surface area contributed by atoms with Gasteiger partial charge in [-0.2, -0.15) is 0 Å². The summed E-state index contributed by atoms with van der Waals surface area (Å²) in [4.78, 5) is 0. The quantitative estimate of drug-likeness (QED) is 0.272. The summed E-state index contributed by atoms with van der Waals surface area (Å²) in [6.07, 6.45) is 0. The van der Waals surface area contributed by atoms with Gasteiger partial charge in [-0.3, -0.25) is 0 Å². The van der Waals surface area contributed by atoms with Gasteiger partial charge in [0.05, 0.1) is 0 Å². The van der Waals surface area contributed by atoms with Crippen molar-refractivity contribution in [3.63, 3.8) is 0 Å². The molecule has 0 spiro atoms. The first-order chi connectivity index (χ1) is 1.73. The minimum Gasteiger partial charge on any atom is -0.0592 e. The molecule has 0 aromatic rings. The van der Waals surface area contributed by atoms with Crippen LogP contribution >= 0.6 is 67.8 Å². The molecular weight excluding hydrogens is 501 g/mol. The Balaban J connectivity index is 0. The summed E-state index contributed by atoms with van der Waals surface area (Å²) in [6, 6.07) is 0. The van der Waals surface area contributed by atoms with Crippen LogP contribution in [0, 0.1) is 0 Å². The summed E-state index contributed by atoms with van der Waals surface area (Å²) in [5.74, 6) is 0. The summed E-state index contributed by atoms with van der Waals surface area (Å²) >= 11 is 6.95. The Hall–Kier alpha value is 2.93. The normalized spacial score (nSPS) is 7.20. The van der Waals surface area contributed by atoms with Crippen LogP contribution in [-0.4, -0.2) is -0.0619 Å². The van der Waals surface area contributed by atoms with Crippen LogP contribution in [0.3, 0.4) is 0 Å². The molecule has 0 atom stereocenters. The first-order valence-electron chi connectivity index (χ1n) is 0.655. The minimum atomic E-state index is 0. The Morgan fingerprint density at radius 1 is 1.00 bits per heavy atom. The van der Waals surface area contributed by atoms with Crippen LogP contribution in [0.2, 0.25) is 0 Å². The predicted molar refractivity (Wildman–Crippen MR) is 45.8 cm³/mol. The van der Waals surface area contributed by atoms with Gasteiger partial charge in [-0.05, 0) is 0 Å². The second kappa shape index (κ2) is 6.93. The number of halogens is 3. The monoisotopic (exact) mass is 501 g/mol. The average molecular weight is 502 g/mol. The van der Waals surface area contributed by atoms with E-state index in [1.807, 2.05) is 0 Å². The van der Waals surface area contributed by atoms with E-state index in [0.717, 1.165) is -0.0619 Å². The molecule has 0 aromatic heterocycles. The predicted octanol–water partition coefficient (Wildman–Crippen LogP) is 2.57. The maximum Gasteiger partial charge on any atom is 0.114 e. The smallest absolute Gasteiger partial charge is 0.0592 e. The van der Waals surface area contributed by atoms with Crippen molar-refractivity contribution in [2.24, 2.45) is 0 Å². The second-order valence-electron chi connectivity index (χ2n) is 0.247. The van der Waals surface area contributed by atoms with Gasteiger partial charge in [-0.25, -0.2) is 0 Å². The van der Waals surface area contributed by atoms with Gasteiger partial charge in [-0.1, -0.05) is 67.8 Å². The number of hydrogen-bond acceptors (Lipinski definition) is 0. The van der Waals surface area contributed by atoms with Crippen LogP contribution < -0.4 is 0 Å². The SMILES string of the molecule is IC(I)I.[Ag]. The summed E-state index contributed by atoms with van der Waals surface area (Å²) in [7, 11) is 0. The molecule has 0 heterocycles. The minimum absolute atomic E-state index is 0. The molecule has 5 heavy (non-hydrogen) atoms. The summed E-state index contributed by atoms with van der Waals surface area (Å²) < 4.78 is 0.743. The zero-order valence-corrected chi connectivity index (χ0v) is 9.97. The third-order valence-electron chi connectivity index (χ3n) is 0. The Kier molecular flexibility index (Phi) is 15.0. The van der Waals surface area contributed by atoms with E-state index >= 15 is 0 Å². The summed E-state index contributed by atoms with van der Waals surface area (Å²) in [6.45, 7) is 0. The van der Waals surface area contributed by atoms with Crippen molar-refractivity contribution in [3.8, 4) is 0 Å². The van der Waals surface area contributed by atoms with E-state index in [1.54, 1.807) is 0 Å². The van der Waals surface area contributed by atoms with Crippen molar-refractivity contribution in [3.05, 3.63) is 0 Å².